The first-order chi connectivity index (χ1) is 10.5. The van der Waals surface area contributed by atoms with Crippen LogP contribution >= 0.6 is 11.3 Å². The predicted octanol–water partition coefficient (Wildman–Crippen LogP) is 2.59. The molecule has 0 aliphatic heterocycles. The van der Waals surface area contributed by atoms with Crippen molar-refractivity contribution < 1.29 is 8.42 Å². The summed E-state index contributed by atoms with van der Waals surface area (Å²) in [6, 6.07) is 9.27. The minimum atomic E-state index is -3.12. The average molecular weight is 334 g/mol. The molecule has 5 nitrogen and oxygen atoms in total. The molecule has 0 spiro atoms. The lowest BCUT2D eigenvalue weighted by Gasteiger charge is -2.00. The van der Waals surface area contributed by atoms with E-state index in [-0.39, 0.29) is 17.1 Å². The predicted molar refractivity (Wildman–Crippen MR) is 88.8 cm³/mol. The van der Waals surface area contributed by atoms with Crippen LogP contribution < -0.4 is 5.56 Å². The molecule has 2 aromatic heterocycles. The number of aromatic nitrogens is 2. The van der Waals surface area contributed by atoms with Gasteiger partial charge < -0.3 is 4.98 Å². The number of hydrogen-bond acceptors (Lipinski definition) is 5. The Kier molecular flexibility index (Phi) is 3.84. The van der Waals surface area contributed by atoms with Gasteiger partial charge in [0.2, 0.25) is 0 Å². The van der Waals surface area contributed by atoms with E-state index in [0.717, 1.165) is 10.9 Å². The lowest BCUT2D eigenvalue weighted by Crippen LogP contribution is -2.09. The Labute approximate surface area is 131 Å². The highest BCUT2D eigenvalue weighted by Crippen LogP contribution is 2.23. The van der Waals surface area contributed by atoms with Crippen LogP contribution in [0.1, 0.15) is 11.9 Å². The number of sulfone groups is 1. The van der Waals surface area contributed by atoms with Crippen LogP contribution in [-0.4, -0.2) is 24.1 Å². The molecule has 3 aromatic rings. The van der Waals surface area contributed by atoms with Gasteiger partial charge in [0.25, 0.3) is 5.56 Å². The van der Waals surface area contributed by atoms with E-state index in [0.29, 0.717) is 16.3 Å². The largest absolute Gasteiger partial charge is 0.321 e. The van der Waals surface area contributed by atoms with Gasteiger partial charge in [-0.05, 0) is 17.5 Å². The molecule has 0 bridgehead atoms. The van der Waals surface area contributed by atoms with Crippen molar-refractivity contribution in [1.82, 2.24) is 9.97 Å². The van der Waals surface area contributed by atoms with Crippen molar-refractivity contribution in [3.63, 3.8) is 0 Å². The number of nitrogens with zero attached hydrogens (tertiary/aromatic N) is 1. The highest BCUT2D eigenvalue weighted by Gasteiger charge is 2.14. The molecule has 0 saturated heterocycles. The lowest BCUT2D eigenvalue weighted by molar-refractivity contribution is 0.596. The van der Waals surface area contributed by atoms with Crippen molar-refractivity contribution in [3.8, 4) is 11.3 Å². The SMILES string of the molecule is CCS(=O)(=O)Cc1nc(-c2cc3ccccc3[nH]c2=O)cs1. The van der Waals surface area contributed by atoms with Crippen molar-refractivity contribution in [2.75, 3.05) is 5.75 Å². The van der Waals surface area contributed by atoms with Gasteiger partial charge in [-0.25, -0.2) is 13.4 Å². The van der Waals surface area contributed by atoms with E-state index in [1.54, 1.807) is 18.4 Å². The molecule has 7 heteroatoms. The van der Waals surface area contributed by atoms with Gasteiger partial charge in [0, 0.05) is 16.6 Å². The topological polar surface area (TPSA) is 79.9 Å². The molecule has 0 unspecified atom stereocenters. The Balaban J connectivity index is 2.03. The van der Waals surface area contributed by atoms with Gasteiger partial charge in [-0.15, -0.1) is 11.3 Å². The molecule has 0 radical (unpaired) electrons. The van der Waals surface area contributed by atoms with Crippen LogP contribution in [0.25, 0.3) is 22.2 Å². The summed E-state index contributed by atoms with van der Waals surface area (Å²) >= 11 is 1.26. The molecule has 114 valence electrons. The van der Waals surface area contributed by atoms with E-state index in [1.165, 1.54) is 11.3 Å². The minimum Gasteiger partial charge on any atom is -0.321 e. The Morgan fingerprint density at radius 1 is 1.27 bits per heavy atom. The zero-order valence-electron chi connectivity index (χ0n) is 11.9. The molecule has 0 aliphatic rings. The second-order valence-corrected chi connectivity index (χ2v) is 8.20. The summed E-state index contributed by atoms with van der Waals surface area (Å²) in [7, 11) is -3.12. The van der Waals surface area contributed by atoms with Crippen molar-refractivity contribution in [1.29, 1.82) is 0 Å². The zero-order valence-corrected chi connectivity index (χ0v) is 13.5. The van der Waals surface area contributed by atoms with Crippen LogP contribution in [0.3, 0.4) is 0 Å². The van der Waals surface area contributed by atoms with Gasteiger partial charge in [-0.3, -0.25) is 4.79 Å². The lowest BCUT2D eigenvalue weighted by atomic mass is 10.1. The fraction of sp³-hybridized carbons (Fsp3) is 0.200. The van der Waals surface area contributed by atoms with E-state index >= 15 is 0 Å². The number of para-hydroxylation sites is 1. The summed E-state index contributed by atoms with van der Waals surface area (Å²) in [4.78, 5) is 19.3. The maximum atomic E-state index is 12.2. The van der Waals surface area contributed by atoms with E-state index in [2.05, 4.69) is 9.97 Å². The summed E-state index contributed by atoms with van der Waals surface area (Å²) in [6.45, 7) is 1.61. The first-order valence-corrected chi connectivity index (χ1v) is 9.46. The quantitative estimate of drug-likeness (QED) is 0.795. The molecular weight excluding hydrogens is 320 g/mol. The third-order valence-corrected chi connectivity index (χ3v) is 5.99. The van der Waals surface area contributed by atoms with Crippen molar-refractivity contribution in [2.45, 2.75) is 12.7 Å². The molecule has 0 saturated carbocycles. The standard InChI is InChI=1S/C15H14N2O3S2/c1-2-22(19,20)9-14-16-13(8-21-14)11-7-10-5-3-4-6-12(10)17-15(11)18/h3-8H,2,9H2,1H3,(H,17,18). The number of fused-ring (bicyclic) bond motifs is 1. The van der Waals surface area contributed by atoms with Crippen LogP contribution in [0.15, 0.2) is 40.5 Å². The maximum absolute atomic E-state index is 12.2. The van der Waals surface area contributed by atoms with Gasteiger partial charge in [-0.2, -0.15) is 0 Å². The van der Waals surface area contributed by atoms with Crippen molar-refractivity contribution in [3.05, 3.63) is 51.1 Å². The van der Waals surface area contributed by atoms with Crippen molar-refractivity contribution in [2.24, 2.45) is 0 Å². The van der Waals surface area contributed by atoms with Gasteiger partial charge in [0.1, 0.15) is 10.8 Å². The number of thiazole rings is 1. The fourth-order valence-electron chi connectivity index (χ4n) is 2.13. The van der Waals surface area contributed by atoms with Gasteiger partial charge in [-0.1, -0.05) is 25.1 Å². The van der Waals surface area contributed by atoms with Crippen LogP contribution in [0, 0.1) is 0 Å². The number of aromatic amines is 1. The summed E-state index contributed by atoms with van der Waals surface area (Å²) in [5.74, 6) is -0.00186. The van der Waals surface area contributed by atoms with E-state index in [1.807, 2.05) is 24.3 Å². The number of rotatable bonds is 4. The van der Waals surface area contributed by atoms with Crippen LogP contribution in [0.5, 0.6) is 0 Å². The summed E-state index contributed by atoms with van der Waals surface area (Å²) in [5, 5.41) is 3.14. The second-order valence-electron chi connectivity index (χ2n) is 4.90. The first-order valence-electron chi connectivity index (χ1n) is 6.76. The normalized spacial score (nSPS) is 11.9. The van der Waals surface area contributed by atoms with E-state index in [9.17, 15) is 13.2 Å². The number of hydrogen-bond donors (Lipinski definition) is 1. The number of H-pyrrole nitrogens is 1. The van der Waals surface area contributed by atoms with Crippen LogP contribution in [0.4, 0.5) is 0 Å². The monoisotopic (exact) mass is 334 g/mol. The smallest absolute Gasteiger partial charge is 0.257 e. The molecule has 0 fully saturated rings. The average Bonchev–Trinajstić information content (AvgIpc) is 2.94. The highest BCUT2D eigenvalue weighted by molar-refractivity contribution is 7.90. The van der Waals surface area contributed by atoms with E-state index < -0.39 is 9.84 Å². The fourth-order valence-corrected chi connectivity index (χ4v) is 4.16. The van der Waals surface area contributed by atoms with Crippen molar-refractivity contribution >= 4 is 32.1 Å². The number of nitrogens with one attached hydrogen (secondary N) is 1. The Hall–Kier alpha value is -1.99. The first kappa shape index (κ1) is 14.9. The molecule has 3 rings (SSSR count). The third kappa shape index (κ3) is 2.95. The number of pyridine rings is 1. The molecule has 22 heavy (non-hydrogen) atoms. The summed E-state index contributed by atoms with van der Waals surface area (Å²) in [6.07, 6.45) is 0. The molecule has 2 heterocycles. The molecule has 0 amide bonds. The maximum Gasteiger partial charge on any atom is 0.257 e. The molecule has 0 aliphatic carbocycles. The summed E-state index contributed by atoms with van der Waals surface area (Å²) in [5.41, 5.74) is 1.50. The highest BCUT2D eigenvalue weighted by atomic mass is 32.2. The third-order valence-electron chi connectivity index (χ3n) is 3.36. The molecule has 1 aromatic carbocycles. The zero-order chi connectivity index (χ0) is 15.7. The second kappa shape index (κ2) is 5.66. The Morgan fingerprint density at radius 3 is 2.82 bits per heavy atom. The Bertz CT molecular complexity index is 987. The van der Waals surface area contributed by atoms with Crippen LogP contribution in [-0.2, 0) is 15.6 Å². The molecule has 0 atom stereocenters. The van der Waals surface area contributed by atoms with Gasteiger partial charge >= 0.3 is 0 Å². The summed E-state index contributed by atoms with van der Waals surface area (Å²) < 4.78 is 23.3. The van der Waals surface area contributed by atoms with Crippen LogP contribution in [0.2, 0.25) is 0 Å². The minimum absolute atomic E-state index is 0.0818. The van der Waals surface area contributed by atoms with E-state index in [4.69, 9.17) is 0 Å². The number of benzene rings is 1. The van der Waals surface area contributed by atoms with Gasteiger partial charge in [0.05, 0.1) is 11.3 Å². The van der Waals surface area contributed by atoms with Gasteiger partial charge in [0.15, 0.2) is 9.84 Å². The molecule has 1 N–H and O–H groups in total. The Morgan fingerprint density at radius 2 is 2.05 bits per heavy atom. The molecular formula is C15H14N2O3S2.